The van der Waals surface area contributed by atoms with Crippen molar-refractivity contribution in [1.29, 1.82) is 0 Å². The van der Waals surface area contributed by atoms with Crippen molar-refractivity contribution in [3.05, 3.63) is 72.3 Å². The number of nitrogens with two attached hydrogens (primary N) is 1. The van der Waals surface area contributed by atoms with E-state index in [1.54, 1.807) is 0 Å². The first-order chi connectivity index (χ1) is 14.0. The van der Waals surface area contributed by atoms with Crippen LogP contribution in [0.25, 0.3) is 10.8 Å². The molecule has 0 bridgehead atoms. The van der Waals surface area contributed by atoms with Crippen molar-refractivity contribution in [2.45, 2.75) is 6.92 Å². The number of hydrogen-bond acceptors (Lipinski definition) is 3. The van der Waals surface area contributed by atoms with Crippen molar-refractivity contribution in [2.75, 3.05) is 30.5 Å². The van der Waals surface area contributed by atoms with Crippen molar-refractivity contribution in [3.8, 4) is 0 Å². The minimum Gasteiger partial charge on any atom is -0.368 e. The molecule has 0 spiro atoms. The fourth-order valence-corrected chi connectivity index (χ4v) is 2.90. The predicted octanol–water partition coefficient (Wildman–Crippen LogP) is 4.07. The molecule has 0 aliphatic rings. The zero-order valence-electron chi connectivity index (χ0n) is 16.8. The van der Waals surface area contributed by atoms with Gasteiger partial charge in [0.2, 0.25) is 5.96 Å². The maximum atomic E-state index is 5.76. The molecule has 6 heteroatoms. The van der Waals surface area contributed by atoms with Crippen molar-refractivity contribution in [3.63, 3.8) is 0 Å². The Hall–Kier alpha value is -3.67. The minimum atomic E-state index is 0.103. The molecule has 0 fully saturated rings. The van der Waals surface area contributed by atoms with Crippen LogP contribution >= 0.6 is 0 Å². The number of guanidine groups is 1. The molecular weight excluding hydrogens is 360 g/mol. The number of nitrogens with zero attached hydrogens (tertiary/aromatic N) is 4. The summed E-state index contributed by atoms with van der Waals surface area (Å²) in [5, 5.41) is 5.66. The molecule has 0 saturated heterocycles. The lowest BCUT2D eigenvalue weighted by Gasteiger charge is -2.19. The lowest BCUT2D eigenvalue weighted by molar-refractivity contribution is 1.03. The number of amidine groups is 1. The number of fused-ring (bicyclic) bond motifs is 1. The van der Waals surface area contributed by atoms with Crippen molar-refractivity contribution >= 4 is 40.7 Å². The maximum Gasteiger partial charge on any atom is 0.221 e. The number of likely N-dealkylation sites (N-methyl/N-ethyl adjacent to an activating group) is 1. The van der Waals surface area contributed by atoms with Gasteiger partial charge in [0.1, 0.15) is 12.5 Å². The van der Waals surface area contributed by atoms with Crippen LogP contribution in [0.15, 0.2) is 81.7 Å². The predicted molar refractivity (Wildman–Crippen MR) is 125 cm³/mol. The van der Waals surface area contributed by atoms with E-state index >= 15 is 0 Å². The van der Waals surface area contributed by atoms with Crippen LogP contribution in [0.5, 0.6) is 0 Å². The average Bonchev–Trinajstić information content (AvgIpc) is 2.74. The van der Waals surface area contributed by atoms with Crippen LogP contribution < -0.4 is 16.0 Å². The highest BCUT2D eigenvalue weighted by Gasteiger charge is 2.07. The normalized spacial score (nSPS) is 12.1. The van der Waals surface area contributed by atoms with Crippen molar-refractivity contribution < 1.29 is 0 Å². The summed E-state index contributed by atoms with van der Waals surface area (Å²) in [5.41, 5.74) is 9.05. The summed E-state index contributed by atoms with van der Waals surface area (Å²) >= 11 is 0. The number of hydrogen-bond donors (Lipinski definition) is 2. The summed E-state index contributed by atoms with van der Waals surface area (Å²) in [5.74, 6) is 0.677. The topological polar surface area (TPSA) is 78.4 Å². The van der Waals surface area contributed by atoms with Crippen LogP contribution in [0, 0.1) is 6.92 Å². The van der Waals surface area contributed by atoms with E-state index in [2.05, 4.69) is 81.3 Å². The van der Waals surface area contributed by atoms with Gasteiger partial charge in [-0.25, -0.2) is 9.98 Å². The molecule has 0 radical (unpaired) electrons. The van der Waals surface area contributed by atoms with Crippen molar-refractivity contribution in [2.24, 2.45) is 20.7 Å². The minimum absolute atomic E-state index is 0.103. The van der Waals surface area contributed by atoms with E-state index in [1.807, 2.05) is 31.3 Å². The smallest absolute Gasteiger partial charge is 0.221 e. The molecule has 3 aromatic carbocycles. The summed E-state index contributed by atoms with van der Waals surface area (Å²) in [7, 11) is 2.00. The second-order valence-corrected chi connectivity index (χ2v) is 6.79. The van der Waals surface area contributed by atoms with Crippen LogP contribution in [-0.4, -0.2) is 38.8 Å². The highest BCUT2D eigenvalue weighted by Crippen LogP contribution is 2.21. The van der Waals surface area contributed by atoms with Gasteiger partial charge in [-0.1, -0.05) is 48.0 Å². The Bertz CT molecular complexity index is 1040. The van der Waals surface area contributed by atoms with Crippen LogP contribution in [0.4, 0.5) is 11.4 Å². The largest absolute Gasteiger partial charge is 0.368 e. The van der Waals surface area contributed by atoms with E-state index in [4.69, 9.17) is 5.73 Å². The van der Waals surface area contributed by atoms with Crippen molar-refractivity contribution in [1.82, 2.24) is 0 Å². The Kier molecular flexibility index (Phi) is 6.58. The number of rotatable bonds is 6. The number of aryl methyl sites for hydroxylation is 1. The third kappa shape index (κ3) is 5.65. The van der Waals surface area contributed by atoms with E-state index in [0.29, 0.717) is 19.0 Å². The Morgan fingerprint density at radius 1 is 1.03 bits per heavy atom. The van der Waals surface area contributed by atoms with Gasteiger partial charge < -0.3 is 16.0 Å². The Morgan fingerprint density at radius 3 is 2.48 bits per heavy atom. The van der Waals surface area contributed by atoms with Crippen LogP contribution in [0.2, 0.25) is 0 Å². The zero-order chi connectivity index (χ0) is 20.6. The molecule has 3 rings (SSSR count). The SMILES string of the molecule is C=NC(N)=N/C(CN(C)c1ccc2ccccc2c1)=N\CNc1ccc(C)cc1. The molecular formula is C23H26N6. The molecule has 0 saturated carbocycles. The molecule has 29 heavy (non-hydrogen) atoms. The molecule has 0 aliphatic carbocycles. The third-order valence-corrected chi connectivity index (χ3v) is 4.55. The lowest BCUT2D eigenvalue weighted by Crippen LogP contribution is -2.27. The third-order valence-electron chi connectivity index (χ3n) is 4.55. The van der Waals surface area contributed by atoms with E-state index in [1.165, 1.54) is 16.3 Å². The van der Waals surface area contributed by atoms with Crippen LogP contribution in [0.1, 0.15) is 5.56 Å². The highest BCUT2D eigenvalue weighted by molar-refractivity contribution is 5.99. The van der Waals surface area contributed by atoms with Gasteiger partial charge in [0.25, 0.3) is 0 Å². The van der Waals surface area contributed by atoms with E-state index in [0.717, 1.165) is 11.4 Å². The molecule has 0 aromatic heterocycles. The second-order valence-electron chi connectivity index (χ2n) is 6.79. The molecule has 0 aliphatic heterocycles. The Balaban J connectivity index is 1.74. The molecule has 3 N–H and O–H groups in total. The second kappa shape index (κ2) is 9.50. The van der Waals surface area contributed by atoms with Gasteiger partial charge in [0.15, 0.2) is 0 Å². The number of aliphatic imine (C=N–C) groups is 3. The van der Waals surface area contributed by atoms with E-state index < -0.39 is 0 Å². The number of nitrogens with one attached hydrogen (secondary N) is 1. The Labute approximate surface area is 171 Å². The van der Waals surface area contributed by atoms with Gasteiger partial charge >= 0.3 is 0 Å². The zero-order valence-corrected chi connectivity index (χ0v) is 16.8. The molecule has 0 unspecified atom stereocenters. The summed E-state index contributed by atoms with van der Waals surface area (Å²) in [6.45, 7) is 6.37. The summed E-state index contributed by atoms with van der Waals surface area (Å²) < 4.78 is 0. The summed E-state index contributed by atoms with van der Waals surface area (Å²) in [6, 6.07) is 22.8. The van der Waals surface area contributed by atoms with Gasteiger partial charge in [0, 0.05) is 18.4 Å². The van der Waals surface area contributed by atoms with E-state index in [9.17, 15) is 0 Å². The molecule has 0 atom stereocenters. The van der Waals surface area contributed by atoms with Crippen LogP contribution in [-0.2, 0) is 0 Å². The van der Waals surface area contributed by atoms with E-state index in [-0.39, 0.29) is 5.96 Å². The maximum absolute atomic E-state index is 5.76. The molecule has 3 aromatic rings. The highest BCUT2D eigenvalue weighted by atomic mass is 15.2. The fourth-order valence-electron chi connectivity index (χ4n) is 2.90. The molecule has 0 heterocycles. The first-order valence-corrected chi connectivity index (χ1v) is 9.40. The average molecular weight is 387 g/mol. The first kappa shape index (κ1) is 20.1. The van der Waals surface area contributed by atoms with Crippen LogP contribution in [0.3, 0.4) is 0 Å². The monoisotopic (exact) mass is 386 g/mol. The Morgan fingerprint density at radius 2 is 1.76 bits per heavy atom. The standard InChI is InChI=1S/C23H26N6/c1-17-8-11-20(12-9-17)26-16-27-22(28-23(24)25-2)15-29(3)21-13-10-18-6-4-5-7-19(18)14-21/h4-14,26H,2,15-16H2,1,3H3,(H2,24,27,28). The van der Waals surface area contributed by atoms with Gasteiger partial charge in [0.05, 0.1) is 6.54 Å². The van der Waals surface area contributed by atoms with Gasteiger partial charge in [-0.05, 0) is 48.7 Å². The number of anilines is 2. The quantitative estimate of drug-likeness (QED) is 0.495. The summed E-state index contributed by atoms with van der Waals surface area (Å²) in [4.78, 5) is 14.6. The molecule has 148 valence electrons. The van der Waals surface area contributed by atoms with Gasteiger partial charge in [-0.2, -0.15) is 4.99 Å². The molecule has 6 nitrogen and oxygen atoms in total. The van der Waals surface area contributed by atoms with Gasteiger partial charge in [-0.3, -0.25) is 0 Å². The van der Waals surface area contributed by atoms with Gasteiger partial charge in [-0.15, -0.1) is 0 Å². The fraction of sp³-hybridized carbons (Fsp3) is 0.174. The first-order valence-electron chi connectivity index (χ1n) is 9.40. The lowest BCUT2D eigenvalue weighted by atomic mass is 10.1. The molecule has 0 amide bonds. The number of benzene rings is 3. The summed E-state index contributed by atoms with van der Waals surface area (Å²) in [6.07, 6.45) is 0.